The highest BCUT2D eigenvalue weighted by Gasteiger charge is 2.34. The molecule has 1 saturated carbocycles. The molecule has 0 radical (unpaired) electrons. The van der Waals surface area contributed by atoms with Crippen molar-refractivity contribution in [3.8, 4) is 0 Å². The van der Waals surface area contributed by atoms with Gasteiger partial charge in [0.2, 0.25) is 5.91 Å². The molecule has 0 unspecified atom stereocenters. The predicted molar refractivity (Wildman–Crippen MR) is 75.9 cm³/mol. The molecule has 1 fully saturated rings. The van der Waals surface area contributed by atoms with Gasteiger partial charge in [0, 0.05) is 43.9 Å². The van der Waals surface area contributed by atoms with Crippen LogP contribution in [0.5, 0.6) is 0 Å². The topological polar surface area (TPSA) is 93.2 Å². The van der Waals surface area contributed by atoms with E-state index >= 15 is 0 Å². The van der Waals surface area contributed by atoms with E-state index < -0.39 is 6.10 Å². The van der Waals surface area contributed by atoms with E-state index in [4.69, 9.17) is 5.73 Å². The Morgan fingerprint density at radius 1 is 1.60 bits per heavy atom. The zero-order valence-electron chi connectivity index (χ0n) is 12.0. The van der Waals surface area contributed by atoms with Crippen molar-refractivity contribution >= 4 is 5.91 Å². The smallest absolute Gasteiger partial charge is 0.223 e. The fourth-order valence-corrected chi connectivity index (χ4v) is 2.73. The molecule has 2 rings (SSSR count). The zero-order valence-corrected chi connectivity index (χ0v) is 12.0. The Labute approximate surface area is 119 Å². The van der Waals surface area contributed by atoms with Gasteiger partial charge >= 0.3 is 0 Å². The molecule has 1 amide bonds. The SMILES string of the molecule is CCc1nccn1CCCNC(=O)[C@H]1C[C@@H](N)[C@H](O)C1. The van der Waals surface area contributed by atoms with Crippen LogP contribution in [0.15, 0.2) is 12.4 Å². The van der Waals surface area contributed by atoms with E-state index in [1.165, 1.54) is 0 Å². The number of nitrogens with one attached hydrogen (secondary N) is 1. The average Bonchev–Trinajstić information content (AvgIpc) is 3.02. The standard InChI is InChI=1S/C14H24N4O2/c1-2-13-16-5-7-18(13)6-3-4-17-14(20)10-8-11(15)12(19)9-10/h5,7,10-12,19H,2-4,6,8-9,15H2,1H3,(H,17,20)/t10-,11+,12+/m0/s1. The van der Waals surface area contributed by atoms with Crippen LogP contribution in [0.3, 0.4) is 0 Å². The van der Waals surface area contributed by atoms with Gasteiger partial charge in [-0.15, -0.1) is 0 Å². The molecule has 6 heteroatoms. The van der Waals surface area contributed by atoms with Crippen molar-refractivity contribution in [2.75, 3.05) is 6.54 Å². The van der Waals surface area contributed by atoms with Crippen molar-refractivity contribution in [1.29, 1.82) is 0 Å². The lowest BCUT2D eigenvalue weighted by molar-refractivity contribution is -0.125. The Balaban J connectivity index is 1.67. The Morgan fingerprint density at radius 3 is 3.05 bits per heavy atom. The molecule has 3 atom stereocenters. The summed E-state index contributed by atoms with van der Waals surface area (Å²) in [6, 6.07) is -0.260. The molecule has 20 heavy (non-hydrogen) atoms. The predicted octanol–water partition coefficient (Wildman–Crippen LogP) is 0.0500. The first-order valence-electron chi connectivity index (χ1n) is 7.33. The van der Waals surface area contributed by atoms with Crippen molar-refractivity contribution in [3.63, 3.8) is 0 Å². The maximum Gasteiger partial charge on any atom is 0.223 e. The first-order valence-corrected chi connectivity index (χ1v) is 7.33. The van der Waals surface area contributed by atoms with Gasteiger partial charge in [-0.3, -0.25) is 4.79 Å². The normalized spacial score (nSPS) is 25.9. The second kappa shape index (κ2) is 6.85. The number of amides is 1. The number of hydrogen-bond donors (Lipinski definition) is 3. The monoisotopic (exact) mass is 280 g/mol. The quantitative estimate of drug-likeness (QED) is 0.642. The molecule has 6 nitrogen and oxygen atoms in total. The molecular formula is C14H24N4O2. The molecule has 0 spiro atoms. The molecule has 1 aliphatic carbocycles. The third kappa shape index (κ3) is 3.58. The maximum atomic E-state index is 11.9. The fourth-order valence-electron chi connectivity index (χ4n) is 2.73. The van der Waals surface area contributed by atoms with Crippen LogP contribution in [0.4, 0.5) is 0 Å². The number of nitrogens with two attached hydrogens (primary N) is 1. The molecule has 112 valence electrons. The summed E-state index contributed by atoms with van der Waals surface area (Å²) in [6.07, 6.45) is 6.08. The third-order valence-corrected chi connectivity index (χ3v) is 3.94. The lowest BCUT2D eigenvalue weighted by Crippen LogP contribution is -2.31. The van der Waals surface area contributed by atoms with Crippen molar-refractivity contribution < 1.29 is 9.90 Å². The number of carbonyl (C=O) groups is 1. The van der Waals surface area contributed by atoms with E-state index in [9.17, 15) is 9.90 Å². The first kappa shape index (κ1) is 15.0. The summed E-state index contributed by atoms with van der Waals surface area (Å²) in [5.74, 6) is 0.944. The summed E-state index contributed by atoms with van der Waals surface area (Å²) in [7, 11) is 0. The molecular weight excluding hydrogens is 256 g/mol. The van der Waals surface area contributed by atoms with Gasteiger partial charge in [-0.2, -0.15) is 0 Å². The summed E-state index contributed by atoms with van der Waals surface area (Å²) >= 11 is 0. The zero-order chi connectivity index (χ0) is 14.5. The van der Waals surface area contributed by atoms with E-state index in [0.29, 0.717) is 19.4 Å². The number of aromatic nitrogens is 2. The number of aliphatic hydroxyl groups excluding tert-OH is 1. The van der Waals surface area contributed by atoms with E-state index in [-0.39, 0.29) is 17.9 Å². The van der Waals surface area contributed by atoms with Crippen LogP contribution in [-0.2, 0) is 17.8 Å². The molecule has 4 N–H and O–H groups in total. The van der Waals surface area contributed by atoms with Crippen LogP contribution in [0.25, 0.3) is 0 Å². The Morgan fingerprint density at radius 2 is 2.40 bits per heavy atom. The van der Waals surface area contributed by atoms with Crippen LogP contribution in [-0.4, -0.2) is 39.3 Å². The fraction of sp³-hybridized carbons (Fsp3) is 0.714. The number of aliphatic hydroxyl groups is 1. The summed E-state index contributed by atoms with van der Waals surface area (Å²) < 4.78 is 2.11. The molecule has 0 aromatic carbocycles. The highest BCUT2D eigenvalue weighted by atomic mass is 16.3. The Kier molecular flexibility index (Phi) is 5.14. The van der Waals surface area contributed by atoms with Gasteiger partial charge in [-0.05, 0) is 19.3 Å². The van der Waals surface area contributed by atoms with E-state index in [0.717, 1.165) is 25.2 Å². The number of aryl methyl sites for hydroxylation is 2. The minimum Gasteiger partial charge on any atom is -0.391 e. The van der Waals surface area contributed by atoms with E-state index in [2.05, 4.69) is 21.8 Å². The highest BCUT2D eigenvalue weighted by molar-refractivity contribution is 5.79. The lowest BCUT2D eigenvalue weighted by atomic mass is 10.1. The third-order valence-electron chi connectivity index (χ3n) is 3.94. The minimum atomic E-state index is -0.538. The van der Waals surface area contributed by atoms with Gasteiger partial charge in [-0.1, -0.05) is 6.92 Å². The summed E-state index contributed by atoms with van der Waals surface area (Å²) in [6.45, 7) is 3.58. The molecule has 0 saturated heterocycles. The summed E-state index contributed by atoms with van der Waals surface area (Å²) in [4.78, 5) is 16.2. The van der Waals surface area contributed by atoms with Crippen LogP contribution in [0, 0.1) is 5.92 Å². The number of carbonyl (C=O) groups excluding carboxylic acids is 1. The Bertz CT molecular complexity index is 436. The van der Waals surface area contributed by atoms with Gasteiger partial charge in [0.1, 0.15) is 5.82 Å². The number of rotatable bonds is 6. The van der Waals surface area contributed by atoms with Gasteiger partial charge in [0.25, 0.3) is 0 Å². The molecule has 0 bridgehead atoms. The number of hydrogen-bond acceptors (Lipinski definition) is 4. The van der Waals surface area contributed by atoms with Crippen molar-refractivity contribution in [1.82, 2.24) is 14.9 Å². The lowest BCUT2D eigenvalue weighted by Gasteiger charge is -2.11. The van der Waals surface area contributed by atoms with E-state index in [1.54, 1.807) is 6.20 Å². The van der Waals surface area contributed by atoms with Crippen molar-refractivity contribution in [2.45, 2.75) is 51.3 Å². The summed E-state index contributed by atoms with van der Waals surface area (Å²) in [5, 5.41) is 12.5. The van der Waals surface area contributed by atoms with Crippen LogP contribution in [0.2, 0.25) is 0 Å². The highest BCUT2D eigenvalue weighted by Crippen LogP contribution is 2.24. The summed E-state index contributed by atoms with van der Waals surface area (Å²) in [5.41, 5.74) is 5.72. The largest absolute Gasteiger partial charge is 0.391 e. The number of nitrogens with zero attached hydrogens (tertiary/aromatic N) is 2. The van der Waals surface area contributed by atoms with Gasteiger partial charge < -0.3 is 20.7 Å². The van der Waals surface area contributed by atoms with Crippen LogP contribution in [0.1, 0.15) is 32.0 Å². The van der Waals surface area contributed by atoms with Crippen molar-refractivity contribution in [2.24, 2.45) is 11.7 Å². The van der Waals surface area contributed by atoms with Gasteiger partial charge in [0.15, 0.2) is 0 Å². The first-order chi connectivity index (χ1) is 9.61. The van der Waals surface area contributed by atoms with Gasteiger partial charge in [0.05, 0.1) is 6.10 Å². The maximum absolute atomic E-state index is 11.9. The van der Waals surface area contributed by atoms with Crippen LogP contribution < -0.4 is 11.1 Å². The van der Waals surface area contributed by atoms with Crippen LogP contribution >= 0.6 is 0 Å². The average molecular weight is 280 g/mol. The van der Waals surface area contributed by atoms with Crippen molar-refractivity contribution in [3.05, 3.63) is 18.2 Å². The second-order valence-electron chi connectivity index (χ2n) is 5.43. The molecule has 1 aliphatic rings. The molecule has 0 aliphatic heterocycles. The van der Waals surface area contributed by atoms with Gasteiger partial charge in [-0.25, -0.2) is 4.98 Å². The number of imidazole rings is 1. The molecule has 1 heterocycles. The molecule has 1 aromatic rings. The van der Waals surface area contributed by atoms with E-state index in [1.807, 2.05) is 6.20 Å². The Hall–Kier alpha value is -1.40. The minimum absolute atomic E-state index is 0.0124. The molecule has 1 aromatic heterocycles. The second-order valence-corrected chi connectivity index (χ2v) is 5.43.